The first-order valence-electron chi connectivity index (χ1n) is 7.32. The van der Waals surface area contributed by atoms with E-state index in [4.69, 9.17) is 9.84 Å². The molecule has 2 atom stereocenters. The Morgan fingerprint density at radius 2 is 2.14 bits per heavy atom. The van der Waals surface area contributed by atoms with E-state index in [9.17, 15) is 14.4 Å². The molecule has 0 bridgehead atoms. The van der Waals surface area contributed by atoms with Crippen molar-refractivity contribution in [1.29, 1.82) is 0 Å². The van der Waals surface area contributed by atoms with Crippen LogP contribution in [0.4, 0.5) is 0 Å². The maximum atomic E-state index is 12.2. The van der Waals surface area contributed by atoms with Crippen molar-refractivity contribution < 1.29 is 24.2 Å². The number of nitrogens with zero attached hydrogens (tertiary/aromatic N) is 1. The van der Waals surface area contributed by atoms with Gasteiger partial charge in [0.25, 0.3) is 0 Å². The third-order valence-electron chi connectivity index (χ3n) is 3.56. The average molecular weight is 300 g/mol. The molecule has 1 aliphatic heterocycles. The summed E-state index contributed by atoms with van der Waals surface area (Å²) in [5.74, 6) is -1.52. The highest BCUT2D eigenvalue weighted by Crippen LogP contribution is 2.19. The standard InChI is InChI=1S/C14H24N2O5/c1-3-5-12(17)16-8-4-6-11(16)13(18)15-10(14(19)20)7-9-21-2/h10-11H,3-9H2,1-2H3,(H,15,18)(H,19,20). The fourth-order valence-corrected chi connectivity index (χ4v) is 2.46. The van der Waals surface area contributed by atoms with E-state index >= 15 is 0 Å². The summed E-state index contributed by atoms with van der Waals surface area (Å²) in [5.41, 5.74) is 0. The first kappa shape index (κ1) is 17.4. The van der Waals surface area contributed by atoms with E-state index in [2.05, 4.69) is 5.32 Å². The predicted octanol–water partition coefficient (Wildman–Crippen LogP) is 0.383. The van der Waals surface area contributed by atoms with Crippen LogP contribution >= 0.6 is 0 Å². The number of nitrogens with one attached hydrogen (secondary N) is 1. The second kappa shape index (κ2) is 8.61. The Kier molecular flexibility index (Phi) is 7.14. The van der Waals surface area contributed by atoms with Crippen molar-refractivity contribution in [2.75, 3.05) is 20.3 Å². The van der Waals surface area contributed by atoms with Crippen LogP contribution in [-0.4, -0.2) is 60.1 Å². The Bertz CT molecular complexity index is 386. The van der Waals surface area contributed by atoms with Crippen LogP contribution in [-0.2, 0) is 19.1 Å². The number of carbonyl (C=O) groups is 3. The van der Waals surface area contributed by atoms with Crippen molar-refractivity contribution in [3.05, 3.63) is 0 Å². The normalized spacial score (nSPS) is 19.3. The quantitative estimate of drug-likeness (QED) is 0.676. The minimum Gasteiger partial charge on any atom is -0.480 e. The van der Waals surface area contributed by atoms with Crippen LogP contribution in [0.15, 0.2) is 0 Å². The predicted molar refractivity (Wildman–Crippen MR) is 75.7 cm³/mol. The summed E-state index contributed by atoms with van der Waals surface area (Å²) in [6.45, 7) is 2.72. The van der Waals surface area contributed by atoms with E-state index in [1.54, 1.807) is 4.90 Å². The molecule has 0 spiro atoms. The number of methoxy groups -OCH3 is 1. The summed E-state index contributed by atoms with van der Waals surface area (Å²) in [4.78, 5) is 36.9. The molecule has 21 heavy (non-hydrogen) atoms. The second-order valence-corrected chi connectivity index (χ2v) is 5.18. The molecule has 120 valence electrons. The molecule has 1 saturated heterocycles. The average Bonchev–Trinajstić information content (AvgIpc) is 2.92. The van der Waals surface area contributed by atoms with Gasteiger partial charge >= 0.3 is 5.97 Å². The molecule has 0 radical (unpaired) electrons. The van der Waals surface area contributed by atoms with Crippen LogP contribution in [0.3, 0.4) is 0 Å². The first-order chi connectivity index (χ1) is 10.0. The van der Waals surface area contributed by atoms with Crippen molar-refractivity contribution in [2.24, 2.45) is 0 Å². The molecule has 0 saturated carbocycles. The number of aliphatic carboxylic acids is 1. The van der Waals surface area contributed by atoms with Gasteiger partial charge in [-0.2, -0.15) is 0 Å². The Labute approximate surface area is 124 Å². The van der Waals surface area contributed by atoms with Crippen LogP contribution in [0.2, 0.25) is 0 Å². The lowest BCUT2D eigenvalue weighted by Crippen LogP contribution is -2.51. The van der Waals surface area contributed by atoms with E-state index in [0.717, 1.165) is 12.8 Å². The van der Waals surface area contributed by atoms with Crippen LogP contribution in [0.1, 0.15) is 39.0 Å². The molecule has 1 heterocycles. The summed E-state index contributed by atoms with van der Waals surface area (Å²) in [7, 11) is 1.48. The number of rotatable bonds is 8. The summed E-state index contributed by atoms with van der Waals surface area (Å²) in [6, 6.07) is -1.53. The van der Waals surface area contributed by atoms with E-state index in [1.807, 2.05) is 6.92 Å². The monoisotopic (exact) mass is 300 g/mol. The number of amides is 2. The highest BCUT2D eigenvalue weighted by molar-refractivity contribution is 5.90. The van der Waals surface area contributed by atoms with Crippen molar-refractivity contribution in [2.45, 2.75) is 51.1 Å². The molecule has 2 unspecified atom stereocenters. The van der Waals surface area contributed by atoms with Gasteiger partial charge in [-0.15, -0.1) is 0 Å². The SMILES string of the molecule is CCCC(=O)N1CCCC1C(=O)NC(CCOC)C(=O)O. The Morgan fingerprint density at radius 3 is 2.71 bits per heavy atom. The molecule has 1 rings (SSSR count). The van der Waals surface area contributed by atoms with Gasteiger partial charge in [0.15, 0.2) is 0 Å². The minimum absolute atomic E-state index is 0.0427. The topological polar surface area (TPSA) is 95.9 Å². The van der Waals surface area contributed by atoms with Crippen LogP contribution in [0, 0.1) is 0 Å². The number of carboxylic acid groups (broad SMARTS) is 1. The van der Waals surface area contributed by atoms with Gasteiger partial charge in [0.1, 0.15) is 12.1 Å². The van der Waals surface area contributed by atoms with Gasteiger partial charge in [-0.1, -0.05) is 6.92 Å². The third kappa shape index (κ3) is 5.00. The molecular formula is C14H24N2O5. The second-order valence-electron chi connectivity index (χ2n) is 5.18. The zero-order valence-electron chi connectivity index (χ0n) is 12.6. The van der Waals surface area contributed by atoms with Crippen LogP contribution in [0.25, 0.3) is 0 Å². The lowest BCUT2D eigenvalue weighted by atomic mass is 10.1. The summed E-state index contributed by atoms with van der Waals surface area (Å²) in [6.07, 6.45) is 2.69. The van der Waals surface area contributed by atoms with E-state index in [-0.39, 0.29) is 24.8 Å². The van der Waals surface area contributed by atoms with E-state index < -0.39 is 18.1 Å². The van der Waals surface area contributed by atoms with Gasteiger partial charge in [0.2, 0.25) is 11.8 Å². The molecule has 0 aromatic carbocycles. The number of likely N-dealkylation sites (tertiary alicyclic amines) is 1. The zero-order chi connectivity index (χ0) is 15.8. The van der Waals surface area contributed by atoms with Gasteiger partial charge in [-0.05, 0) is 19.3 Å². The number of ether oxygens (including phenoxy) is 1. The Hall–Kier alpha value is -1.63. The Morgan fingerprint density at radius 1 is 1.43 bits per heavy atom. The van der Waals surface area contributed by atoms with Crippen molar-refractivity contribution in [3.8, 4) is 0 Å². The number of carboxylic acids is 1. The van der Waals surface area contributed by atoms with Gasteiger partial charge in [0.05, 0.1) is 0 Å². The largest absolute Gasteiger partial charge is 0.480 e. The maximum absolute atomic E-state index is 12.2. The van der Waals surface area contributed by atoms with Crippen molar-refractivity contribution in [3.63, 3.8) is 0 Å². The van der Waals surface area contributed by atoms with Crippen LogP contribution in [0.5, 0.6) is 0 Å². The number of carbonyl (C=O) groups excluding carboxylic acids is 2. The molecule has 2 amide bonds. The minimum atomic E-state index is -1.09. The molecular weight excluding hydrogens is 276 g/mol. The fourth-order valence-electron chi connectivity index (χ4n) is 2.46. The molecule has 0 aromatic rings. The van der Waals surface area contributed by atoms with Crippen molar-refractivity contribution in [1.82, 2.24) is 10.2 Å². The van der Waals surface area contributed by atoms with Gasteiger partial charge in [0, 0.05) is 33.1 Å². The summed E-state index contributed by atoms with van der Waals surface area (Å²) in [5, 5.41) is 11.6. The van der Waals surface area contributed by atoms with E-state index in [0.29, 0.717) is 19.4 Å². The van der Waals surface area contributed by atoms with Crippen molar-refractivity contribution >= 4 is 17.8 Å². The fraction of sp³-hybridized carbons (Fsp3) is 0.786. The first-order valence-corrected chi connectivity index (χ1v) is 7.32. The van der Waals surface area contributed by atoms with E-state index in [1.165, 1.54) is 7.11 Å². The Balaban J connectivity index is 2.63. The molecule has 2 N–H and O–H groups in total. The third-order valence-corrected chi connectivity index (χ3v) is 3.56. The molecule has 0 aromatic heterocycles. The van der Waals surface area contributed by atoms with Gasteiger partial charge in [-0.25, -0.2) is 4.79 Å². The van der Waals surface area contributed by atoms with Crippen LogP contribution < -0.4 is 5.32 Å². The maximum Gasteiger partial charge on any atom is 0.326 e. The molecule has 0 aliphatic carbocycles. The number of hydrogen-bond acceptors (Lipinski definition) is 4. The summed E-state index contributed by atoms with van der Waals surface area (Å²) >= 11 is 0. The zero-order valence-corrected chi connectivity index (χ0v) is 12.6. The lowest BCUT2D eigenvalue weighted by molar-refractivity contribution is -0.144. The molecule has 1 aliphatic rings. The highest BCUT2D eigenvalue weighted by Gasteiger charge is 2.35. The van der Waals surface area contributed by atoms with Gasteiger partial charge < -0.3 is 20.1 Å². The van der Waals surface area contributed by atoms with Gasteiger partial charge in [-0.3, -0.25) is 9.59 Å². The highest BCUT2D eigenvalue weighted by atomic mass is 16.5. The smallest absolute Gasteiger partial charge is 0.326 e. The molecule has 1 fully saturated rings. The molecule has 7 nitrogen and oxygen atoms in total. The summed E-state index contributed by atoms with van der Waals surface area (Å²) < 4.78 is 4.84. The lowest BCUT2D eigenvalue weighted by Gasteiger charge is -2.25. The molecule has 7 heteroatoms. The number of hydrogen-bond donors (Lipinski definition) is 2.